The van der Waals surface area contributed by atoms with E-state index in [1.165, 1.54) is 12.3 Å². The van der Waals surface area contributed by atoms with Crippen LogP contribution < -0.4 is 10.4 Å². The number of hydrogen-bond acceptors (Lipinski definition) is 5. The van der Waals surface area contributed by atoms with Crippen LogP contribution in [0.3, 0.4) is 0 Å². The Kier molecular flexibility index (Phi) is 5.28. The molecule has 0 saturated heterocycles. The van der Waals surface area contributed by atoms with Crippen molar-refractivity contribution in [1.82, 2.24) is 9.94 Å². The second kappa shape index (κ2) is 7.42. The number of benzene rings is 1. The summed E-state index contributed by atoms with van der Waals surface area (Å²) in [5.74, 6) is 0. The average Bonchev–Trinajstić information content (AvgIpc) is 2.48. The fourth-order valence-electron chi connectivity index (χ4n) is 1.56. The summed E-state index contributed by atoms with van der Waals surface area (Å²) in [5.41, 5.74) is 1.63. The van der Waals surface area contributed by atoms with Crippen LogP contribution in [-0.4, -0.2) is 28.3 Å². The Bertz CT molecular complexity index is 580. The number of rotatable bonds is 7. The molecule has 0 spiro atoms. The minimum atomic E-state index is -0.304. The first-order valence-corrected chi connectivity index (χ1v) is 6.23. The van der Waals surface area contributed by atoms with Crippen molar-refractivity contribution in [1.29, 1.82) is 0 Å². The second-order valence-electron chi connectivity index (χ2n) is 4.10. The maximum absolute atomic E-state index is 11.4. The van der Waals surface area contributed by atoms with Crippen LogP contribution in [0.5, 0.6) is 0 Å². The highest BCUT2D eigenvalue weighted by Crippen LogP contribution is 2.06. The standard InChI is InChI=1S/C14H16N2O4/c17-8-9-19-10-12-3-5-13(6-4-12)11-20-16-14(18)2-1-7-15-16/h1-7,17H,8-11H2. The van der Waals surface area contributed by atoms with E-state index in [0.29, 0.717) is 13.2 Å². The van der Waals surface area contributed by atoms with Crippen molar-refractivity contribution in [2.75, 3.05) is 13.2 Å². The van der Waals surface area contributed by atoms with Crippen LogP contribution in [0.4, 0.5) is 0 Å². The third kappa shape index (κ3) is 4.18. The van der Waals surface area contributed by atoms with Gasteiger partial charge in [-0.2, -0.15) is 0 Å². The molecule has 0 amide bonds. The molecule has 6 nitrogen and oxygen atoms in total. The third-order valence-electron chi connectivity index (χ3n) is 2.57. The molecule has 1 aromatic carbocycles. The Balaban J connectivity index is 1.88. The molecule has 2 aromatic rings. The van der Waals surface area contributed by atoms with Crippen molar-refractivity contribution < 1.29 is 14.7 Å². The van der Waals surface area contributed by atoms with E-state index in [0.717, 1.165) is 16.0 Å². The summed E-state index contributed by atoms with van der Waals surface area (Å²) in [4.78, 5) is 17.6. The lowest BCUT2D eigenvalue weighted by molar-refractivity contribution is 0.0593. The van der Waals surface area contributed by atoms with Gasteiger partial charge in [0.15, 0.2) is 0 Å². The molecule has 0 aliphatic heterocycles. The summed E-state index contributed by atoms with van der Waals surface area (Å²) in [7, 11) is 0. The van der Waals surface area contributed by atoms with Gasteiger partial charge in [-0.05, 0) is 17.2 Å². The molecule has 0 aliphatic rings. The van der Waals surface area contributed by atoms with Gasteiger partial charge in [-0.25, -0.2) is 0 Å². The van der Waals surface area contributed by atoms with Gasteiger partial charge in [0.1, 0.15) is 6.61 Å². The average molecular weight is 276 g/mol. The molecular formula is C14H16N2O4. The highest BCUT2D eigenvalue weighted by atomic mass is 16.7. The number of aromatic nitrogens is 2. The maximum atomic E-state index is 11.4. The van der Waals surface area contributed by atoms with Crippen molar-refractivity contribution in [3.8, 4) is 0 Å². The molecule has 0 unspecified atom stereocenters. The fraction of sp³-hybridized carbons (Fsp3) is 0.286. The Morgan fingerprint density at radius 2 is 1.80 bits per heavy atom. The molecule has 6 heteroatoms. The van der Waals surface area contributed by atoms with Crippen molar-refractivity contribution >= 4 is 0 Å². The van der Waals surface area contributed by atoms with Gasteiger partial charge >= 0.3 is 5.56 Å². The number of ether oxygens (including phenoxy) is 1. The molecule has 2 rings (SSSR count). The zero-order chi connectivity index (χ0) is 14.2. The lowest BCUT2D eigenvalue weighted by Gasteiger charge is -2.07. The Morgan fingerprint density at radius 1 is 1.10 bits per heavy atom. The minimum absolute atomic E-state index is 0.0186. The number of aliphatic hydroxyl groups excluding tert-OH is 1. The summed E-state index contributed by atoms with van der Waals surface area (Å²) in [6.07, 6.45) is 1.49. The molecule has 0 bridgehead atoms. The Hall–Kier alpha value is -2.18. The summed E-state index contributed by atoms with van der Waals surface area (Å²) in [6.45, 7) is 1.06. The lowest BCUT2D eigenvalue weighted by atomic mass is 10.1. The van der Waals surface area contributed by atoms with Crippen LogP contribution in [0, 0.1) is 0 Å². The number of hydrogen-bond donors (Lipinski definition) is 1. The highest BCUT2D eigenvalue weighted by Gasteiger charge is 1.99. The molecule has 1 aromatic heterocycles. The Morgan fingerprint density at radius 3 is 2.45 bits per heavy atom. The zero-order valence-electron chi connectivity index (χ0n) is 10.9. The molecule has 0 fully saturated rings. The molecular weight excluding hydrogens is 260 g/mol. The van der Waals surface area contributed by atoms with Gasteiger partial charge in [-0.3, -0.25) is 4.79 Å². The topological polar surface area (TPSA) is 73.6 Å². The van der Waals surface area contributed by atoms with E-state index in [1.807, 2.05) is 24.3 Å². The van der Waals surface area contributed by atoms with Gasteiger partial charge in [0, 0.05) is 6.07 Å². The van der Waals surface area contributed by atoms with Gasteiger partial charge in [0.05, 0.1) is 26.0 Å². The van der Waals surface area contributed by atoms with Gasteiger partial charge in [-0.15, -0.1) is 5.10 Å². The number of aliphatic hydroxyl groups is 1. The van der Waals surface area contributed by atoms with E-state index in [4.69, 9.17) is 14.7 Å². The van der Waals surface area contributed by atoms with Crippen molar-refractivity contribution in [2.45, 2.75) is 13.2 Å². The van der Waals surface area contributed by atoms with Crippen LogP contribution in [-0.2, 0) is 18.0 Å². The predicted octanol–water partition coefficient (Wildman–Crippen LogP) is 0.381. The first-order valence-electron chi connectivity index (χ1n) is 6.23. The molecule has 1 heterocycles. The smallest absolute Gasteiger partial charge is 0.303 e. The molecule has 0 atom stereocenters. The zero-order valence-corrected chi connectivity index (χ0v) is 10.9. The normalized spacial score (nSPS) is 10.4. The predicted molar refractivity (Wildman–Crippen MR) is 72.0 cm³/mol. The molecule has 106 valence electrons. The van der Waals surface area contributed by atoms with Crippen LogP contribution >= 0.6 is 0 Å². The van der Waals surface area contributed by atoms with E-state index >= 15 is 0 Å². The van der Waals surface area contributed by atoms with Crippen LogP contribution in [0.15, 0.2) is 47.4 Å². The maximum Gasteiger partial charge on any atom is 0.303 e. The Labute approximate surface area is 116 Å². The third-order valence-corrected chi connectivity index (χ3v) is 2.57. The summed E-state index contributed by atoms with van der Waals surface area (Å²) >= 11 is 0. The van der Waals surface area contributed by atoms with Gasteiger partial charge in [-0.1, -0.05) is 29.1 Å². The van der Waals surface area contributed by atoms with Gasteiger partial charge < -0.3 is 14.7 Å². The molecule has 0 radical (unpaired) electrons. The van der Waals surface area contributed by atoms with Crippen molar-refractivity contribution in [2.24, 2.45) is 0 Å². The summed E-state index contributed by atoms with van der Waals surface area (Å²) in [5, 5.41) is 12.4. The quantitative estimate of drug-likeness (QED) is 0.740. The second-order valence-corrected chi connectivity index (χ2v) is 4.10. The first kappa shape index (κ1) is 14.2. The molecule has 1 N–H and O–H groups in total. The molecule has 20 heavy (non-hydrogen) atoms. The van der Waals surface area contributed by atoms with E-state index < -0.39 is 0 Å². The van der Waals surface area contributed by atoms with E-state index in [-0.39, 0.29) is 18.8 Å². The van der Waals surface area contributed by atoms with E-state index in [1.54, 1.807) is 6.07 Å². The van der Waals surface area contributed by atoms with Crippen molar-refractivity contribution in [3.63, 3.8) is 0 Å². The lowest BCUT2D eigenvalue weighted by Crippen LogP contribution is -2.27. The molecule has 0 aliphatic carbocycles. The van der Waals surface area contributed by atoms with Gasteiger partial charge in [0.25, 0.3) is 0 Å². The monoisotopic (exact) mass is 276 g/mol. The van der Waals surface area contributed by atoms with Crippen LogP contribution in [0.25, 0.3) is 0 Å². The summed E-state index contributed by atoms with van der Waals surface area (Å²) in [6, 6.07) is 10.6. The largest absolute Gasteiger partial charge is 0.394 e. The number of nitrogens with zero attached hydrogens (tertiary/aromatic N) is 2. The highest BCUT2D eigenvalue weighted by molar-refractivity contribution is 5.21. The van der Waals surface area contributed by atoms with Gasteiger partial charge in [0.2, 0.25) is 0 Å². The van der Waals surface area contributed by atoms with E-state index in [2.05, 4.69) is 5.10 Å². The minimum Gasteiger partial charge on any atom is -0.394 e. The molecule has 0 saturated carbocycles. The van der Waals surface area contributed by atoms with Crippen LogP contribution in [0.2, 0.25) is 0 Å². The van der Waals surface area contributed by atoms with Crippen LogP contribution in [0.1, 0.15) is 11.1 Å². The summed E-state index contributed by atoms with van der Waals surface area (Å²) < 4.78 is 5.22. The van der Waals surface area contributed by atoms with E-state index in [9.17, 15) is 4.79 Å². The fourth-order valence-corrected chi connectivity index (χ4v) is 1.56. The first-order chi connectivity index (χ1) is 9.79. The SMILES string of the molecule is O=c1cccnn1OCc1ccc(COCCO)cc1. The van der Waals surface area contributed by atoms with Crippen molar-refractivity contribution in [3.05, 3.63) is 64.1 Å².